The Morgan fingerprint density at radius 1 is 0.857 bits per heavy atom. The van der Waals surface area contributed by atoms with Crippen LogP contribution in [0.25, 0.3) is 0 Å². The third-order valence-corrected chi connectivity index (χ3v) is 3.80. The van der Waals surface area contributed by atoms with E-state index in [9.17, 15) is 9.59 Å². The Balaban J connectivity index is 1.52. The lowest BCUT2D eigenvalue weighted by atomic mass is 10.1. The van der Waals surface area contributed by atoms with E-state index in [1.165, 1.54) is 6.92 Å². The zero-order valence-corrected chi connectivity index (χ0v) is 15.3. The van der Waals surface area contributed by atoms with Crippen LogP contribution in [-0.4, -0.2) is 18.3 Å². The average Bonchev–Trinajstić information content (AvgIpc) is 2.73. The van der Waals surface area contributed by atoms with Crippen LogP contribution in [0.4, 0.5) is 17.1 Å². The maximum atomic E-state index is 12.1. The first-order valence-electron chi connectivity index (χ1n) is 8.71. The second-order valence-corrected chi connectivity index (χ2v) is 6.00. The SMILES string of the molecule is CC(=O)c1cccc(OCC(=O)Nc2ccc(N=Nc3ccccc3)cc2)c1. The minimum Gasteiger partial charge on any atom is -0.484 e. The lowest BCUT2D eigenvalue weighted by Gasteiger charge is -2.08. The van der Waals surface area contributed by atoms with Gasteiger partial charge >= 0.3 is 0 Å². The molecule has 1 amide bonds. The number of hydrogen-bond donors (Lipinski definition) is 1. The molecule has 6 nitrogen and oxygen atoms in total. The predicted octanol–water partition coefficient (Wildman–Crippen LogP) is 5.32. The van der Waals surface area contributed by atoms with Crippen LogP contribution in [0.5, 0.6) is 5.75 Å². The highest BCUT2D eigenvalue weighted by molar-refractivity contribution is 5.94. The van der Waals surface area contributed by atoms with Crippen LogP contribution in [0, 0.1) is 0 Å². The number of ketones is 1. The molecule has 3 aromatic rings. The highest BCUT2D eigenvalue weighted by Crippen LogP contribution is 2.20. The molecule has 3 rings (SSSR count). The molecule has 0 unspecified atom stereocenters. The molecular formula is C22H19N3O3. The number of nitrogens with one attached hydrogen (secondary N) is 1. The molecule has 0 heterocycles. The Bertz CT molecular complexity index is 983. The van der Waals surface area contributed by atoms with Gasteiger partial charge in [0.2, 0.25) is 0 Å². The molecule has 0 aromatic heterocycles. The standard InChI is InChI=1S/C22H19N3O3/c1-16(26)17-6-5-9-21(14-17)28-15-22(27)23-18-10-12-20(13-11-18)25-24-19-7-3-2-4-8-19/h2-14H,15H2,1H3,(H,23,27). The number of carbonyl (C=O) groups excluding carboxylic acids is 2. The number of anilines is 1. The number of rotatable bonds is 7. The molecule has 0 bridgehead atoms. The number of nitrogens with zero attached hydrogens (tertiary/aromatic N) is 2. The maximum absolute atomic E-state index is 12.1. The normalized spacial score (nSPS) is 10.6. The molecular weight excluding hydrogens is 354 g/mol. The molecule has 0 fully saturated rings. The Morgan fingerprint density at radius 2 is 1.54 bits per heavy atom. The third kappa shape index (κ3) is 5.60. The van der Waals surface area contributed by atoms with E-state index in [4.69, 9.17) is 4.74 Å². The number of carbonyl (C=O) groups is 2. The van der Waals surface area contributed by atoms with Crippen molar-refractivity contribution in [3.05, 3.63) is 84.4 Å². The van der Waals surface area contributed by atoms with Crippen LogP contribution in [-0.2, 0) is 4.79 Å². The summed E-state index contributed by atoms with van der Waals surface area (Å²) in [6.45, 7) is 1.33. The molecule has 0 saturated heterocycles. The van der Waals surface area contributed by atoms with Crippen molar-refractivity contribution >= 4 is 28.8 Å². The van der Waals surface area contributed by atoms with Crippen LogP contribution >= 0.6 is 0 Å². The lowest BCUT2D eigenvalue weighted by Crippen LogP contribution is -2.20. The number of benzene rings is 3. The van der Waals surface area contributed by atoms with E-state index in [2.05, 4.69) is 15.5 Å². The molecule has 0 spiro atoms. The molecule has 6 heteroatoms. The van der Waals surface area contributed by atoms with Crippen molar-refractivity contribution in [3.63, 3.8) is 0 Å². The average molecular weight is 373 g/mol. The summed E-state index contributed by atoms with van der Waals surface area (Å²) in [5.41, 5.74) is 2.62. The summed E-state index contributed by atoms with van der Waals surface area (Å²) in [5.74, 6) is 0.116. The van der Waals surface area contributed by atoms with E-state index in [-0.39, 0.29) is 18.3 Å². The van der Waals surface area contributed by atoms with Crippen LogP contribution < -0.4 is 10.1 Å². The van der Waals surface area contributed by atoms with Crippen LogP contribution in [0.1, 0.15) is 17.3 Å². The van der Waals surface area contributed by atoms with Crippen molar-refractivity contribution in [3.8, 4) is 5.75 Å². The fraction of sp³-hybridized carbons (Fsp3) is 0.0909. The topological polar surface area (TPSA) is 80.1 Å². The molecule has 0 aliphatic rings. The summed E-state index contributed by atoms with van der Waals surface area (Å²) in [7, 11) is 0. The second kappa shape index (κ2) is 9.23. The monoisotopic (exact) mass is 373 g/mol. The van der Waals surface area contributed by atoms with Crippen molar-refractivity contribution < 1.29 is 14.3 Å². The van der Waals surface area contributed by atoms with Gasteiger partial charge in [0, 0.05) is 11.3 Å². The second-order valence-electron chi connectivity index (χ2n) is 6.00. The summed E-state index contributed by atoms with van der Waals surface area (Å²) in [4.78, 5) is 23.4. The molecule has 0 saturated carbocycles. The van der Waals surface area contributed by atoms with E-state index in [1.54, 1.807) is 48.5 Å². The largest absolute Gasteiger partial charge is 0.484 e. The van der Waals surface area contributed by atoms with Gasteiger partial charge in [0.15, 0.2) is 12.4 Å². The zero-order valence-electron chi connectivity index (χ0n) is 15.3. The maximum Gasteiger partial charge on any atom is 0.262 e. The Hall–Kier alpha value is -3.80. The van der Waals surface area contributed by atoms with Crippen LogP contribution in [0.15, 0.2) is 89.1 Å². The zero-order chi connectivity index (χ0) is 19.8. The van der Waals surface area contributed by atoms with Crippen molar-refractivity contribution in [2.45, 2.75) is 6.92 Å². The van der Waals surface area contributed by atoms with Gasteiger partial charge in [-0.25, -0.2) is 0 Å². The van der Waals surface area contributed by atoms with Crippen LogP contribution in [0.2, 0.25) is 0 Å². The van der Waals surface area contributed by atoms with Gasteiger partial charge in [0.25, 0.3) is 5.91 Å². The third-order valence-electron chi connectivity index (χ3n) is 3.80. The van der Waals surface area contributed by atoms with Gasteiger partial charge in [-0.2, -0.15) is 10.2 Å². The minimum atomic E-state index is -0.299. The highest BCUT2D eigenvalue weighted by Gasteiger charge is 2.06. The number of azo groups is 1. The van der Waals surface area contributed by atoms with E-state index in [0.29, 0.717) is 22.7 Å². The smallest absolute Gasteiger partial charge is 0.262 e. The fourth-order valence-electron chi connectivity index (χ4n) is 2.37. The first kappa shape index (κ1) is 19.0. The quantitative estimate of drug-likeness (QED) is 0.449. The summed E-state index contributed by atoms with van der Waals surface area (Å²) < 4.78 is 5.44. The van der Waals surface area contributed by atoms with Crippen molar-refractivity contribution in [1.82, 2.24) is 0 Å². The predicted molar refractivity (Wildman–Crippen MR) is 108 cm³/mol. The van der Waals surface area contributed by atoms with E-state index in [0.717, 1.165) is 5.69 Å². The van der Waals surface area contributed by atoms with Gasteiger partial charge < -0.3 is 10.1 Å². The summed E-state index contributed by atoms with van der Waals surface area (Å²) in [6, 6.07) is 23.2. The molecule has 0 aliphatic carbocycles. The first-order chi connectivity index (χ1) is 13.6. The van der Waals surface area contributed by atoms with E-state index >= 15 is 0 Å². The van der Waals surface area contributed by atoms with Crippen LogP contribution in [0.3, 0.4) is 0 Å². The molecule has 0 aliphatic heterocycles. The van der Waals surface area contributed by atoms with Crippen molar-refractivity contribution in [2.24, 2.45) is 10.2 Å². The number of amides is 1. The number of hydrogen-bond acceptors (Lipinski definition) is 5. The van der Waals surface area contributed by atoms with Crippen molar-refractivity contribution in [2.75, 3.05) is 11.9 Å². The van der Waals surface area contributed by atoms with E-state index in [1.807, 2.05) is 30.3 Å². The molecule has 0 radical (unpaired) electrons. The summed E-state index contributed by atoms with van der Waals surface area (Å²) in [6.07, 6.45) is 0. The Morgan fingerprint density at radius 3 is 2.21 bits per heavy atom. The molecule has 3 aromatic carbocycles. The van der Waals surface area contributed by atoms with Gasteiger partial charge in [-0.3, -0.25) is 9.59 Å². The highest BCUT2D eigenvalue weighted by atomic mass is 16.5. The molecule has 0 atom stereocenters. The molecule has 140 valence electrons. The fourth-order valence-corrected chi connectivity index (χ4v) is 2.37. The number of Topliss-reactive ketones (excluding diaryl/α,β-unsaturated/α-hetero) is 1. The molecule has 1 N–H and O–H groups in total. The summed E-state index contributed by atoms with van der Waals surface area (Å²) >= 11 is 0. The van der Waals surface area contributed by atoms with Gasteiger partial charge in [0.05, 0.1) is 11.4 Å². The first-order valence-corrected chi connectivity index (χ1v) is 8.71. The van der Waals surface area contributed by atoms with Crippen molar-refractivity contribution in [1.29, 1.82) is 0 Å². The van der Waals surface area contributed by atoms with Gasteiger partial charge in [-0.15, -0.1) is 0 Å². The van der Waals surface area contributed by atoms with Gasteiger partial charge in [0.1, 0.15) is 5.75 Å². The molecule has 28 heavy (non-hydrogen) atoms. The Kier molecular flexibility index (Phi) is 6.25. The van der Waals surface area contributed by atoms with E-state index < -0.39 is 0 Å². The summed E-state index contributed by atoms with van der Waals surface area (Å²) in [5, 5.41) is 11.0. The minimum absolute atomic E-state index is 0.0561. The van der Waals surface area contributed by atoms with Gasteiger partial charge in [-0.1, -0.05) is 30.3 Å². The Labute approximate surface area is 162 Å². The number of ether oxygens (including phenoxy) is 1. The van der Waals surface area contributed by atoms with Gasteiger partial charge in [-0.05, 0) is 55.5 Å². The lowest BCUT2D eigenvalue weighted by molar-refractivity contribution is -0.118.